The Kier molecular flexibility index (Phi) is 11.9. The van der Waals surface area contributed by atoms with Crippen molar-refractivity contribution in [1.82, 2.24) is 9.80 Å². The van der Waals surface area contributed by atoms with Crippen LogP contribution in [0.25, 0.3) is 0 Å². The number of hydrogen-bond donors (Lipinski definition) is 2. The third kappa shape index (κ3) is 9.61. The summed E-state index contributed by atoms with van der Waals surface area (Å²) in [4.78, 5) is 54.3. The van der Waals surface area contributed by atoms with Crippen LogP contribution in [0.3, 0.4) is 0 Å². The second-order valence-corrected chi connectivity index (χ2v) is 8.29. The zero-order valence-corrected chi connectivity index (χ0v) is 22.0. The minimum Gasteiger partial charge on any atom is -0.478 e. The molecular formula is C25H24F3N5O8. The maximum atomic E-state index is 13.1. The number of benzene rings is 3. The average Bonchev–Trinajstić information content (AvgIpc) is 2.89. The molecule has 2 amide bonds. The number of nitrogen functional groups attached to an aromatic ring is 1. The summed E-state index contributed by atoms with van der Waals surface area (Å²) in [5.74, 6) is -4.68. The number of nitro groups is 2. The van der Waals surface area contributed by atoms with Gasteiger partial charge in [0.1, 0.15) is 5.82 Å². The molecule has 0 aliphatic rings. The smallest absolute Gasteiger partial charge is 0.335 e. The van der Waals surface area contributed by atoms with Crippen LogP contribution in [-0.4, -0.2) is 70.7 Å². The van der Waals surface area contributed by atoms with Gasteiger partial charge in [0, 0.05) is 51.5 Å². The molecule has 218 valence electrons. The predicted molar refractivity (Wildman–Crippen MR) is 140 cm³/mol. The molecule has 0 aromatic heterocycles. The fourth-order valence-electron chi connectivity index (χ4n) is 2.75. The molecule has 13 nitrogen and oxygen atoms in total. The second kappa shape index (κ2) is 14.6. The molecule has 0 saturated carbocycles. The van der Waals surface area contributed by atoms with Crippen LogP contribution in [0.4, 0.5) is 30.2 Å². The van der Waals surface area contributed by atoms with Gasteiger partial charge in [0.25, 0.3) is 11.8 Å². The Hall–Kier alpha value is -5.54. The number of amides is 2. The Bertz CT molecular complexity index is 1480. The van der Waals surface area contributed by atoms with Crippen molar-refractivity contribution in [2.24, 2.45) is 0 Å². The predicted octanol–water partition coefficient (Wildman–Crippen LogP) is 3.98. The molecule has 0 saturated heterocycles. The Morgan fingerprint density at radius 1 is 0.683 bits per heavy atom. The summed E-state index contributed by atoms with van der Waals surface area (Å²) in [5, 5.41) is 28.8. The maximum Gasteiger partial charge on any atom is 0.335 e. The monoisotopic (exact) mass is 579 g/mol. The van der Waals surface area contributed by atoms with Crippen LogP contribution >= 0.6 is 0 Å². The molecule has 0 heterocycles. The zero-order valence-electron chi connectivity index (χ0n) is 22.0. The molecule has 3 aromatic rings. The molecule has 0 spiro atoms. The first-order valence-corrected chi connectivity index (χ1v) is 11.1. The van der Waals surface area contributed by atoms with Gasteiger partial charge in [-0.05, 0) is 42.5 Å². The largest absolute Gasteiger partial charge is 0.478 e. The van der Waals surface area contributed by atoms with Gasteiger partial charge in [0.05, 0.1) is 21.1 Å². The van der Waals surface area contributed by atoms with Gasteiger partial charge >= 0.3 is 17.3 Å². The third-order valence-electron chi connectivity index (χ3n) is 4.84. The highest BCUT2D eigenvalue weighted by Gasteiger charge is 2.18. The lowest BCUT2D eigenvalue weighted by molar-refractivity contribution is -0.387. The minimum absolute atomic E-state index is 0.0512. The molecule has 0 aliphatic carbocycles. The molecule has 3 rings (SSSR count). The Labute approximate surface area is 230 Å². The first-order valence-electron chi connectivity index (χ1n) is 11.1. The number of aromatic carboxylic acids is 1. The highest BCUT2D eigenvalue weighted by molar-refractivity contribution is 5.94. The van der Waals surface area contributed by atoms with Crippen LogP contribution in [0.2, 0.25) is 0 Å². The fraction of sp³-hybridized carbons (Fsp3) is 0.160. The minimum atomic E-state index is -1.33. The number of carbonyl (C=O) groups excluding carboxylic acids is 2. The quantitative estimate of drug-likeness (QED) is 0.256. The van der Waals surface area contributed by atoms with E-state index in [1.54, 1.807) is 14.1 Å². The molecule has 0 unspecified atom stereocenters. The van der Waals surface area contributed by atoms with Gasteiger partial charge in [-0.15, -0.1) is 0 Å². The summed E-state index contributed by atoms with van der Waals surface area (Å²) in [6, 6.07) is 9.49. The van der Waals surface area contributed by atoms with Crippen molar-refractivity contribution in [1.29, 1.82) is 0 Å². The topological polar surface area (TPSA) is 190 Å². The SMILES string of the molecule is CN(C)C(=O)c1ccc(N)c(F)c1.CN(C)C(=O)c1ccc([N+](=O)[O-])c(F)c1.O=C(O)c1ccc([N+](=O)[O-])c(F)c1. The van der Waals surface area contributed by atoms with Gasteiger partial charge in [0.2, 0.25) is 11.6 Å². The van der Waals surface area contributed by atoms with E-state index in [4.69, 9.17) is 10.8 Å². The van der Waals surface area contributed by atoms with E-state index in [9.17, 15) is 47.8 Å². The van der Waals surface area contributed by atoms with E-state index in [0.717, 1.165) is 30.3 Å². The second-order valence-electron chi connectivity index (χ2n) is 8.29. The maximum absolute atomic E-state index is 13.1. The summed E-state index contributed by atoms with van der Waals surface area (Å²) >= 11 is 0. The normalized spacial score (nSPS) is 9.73. The third-order valence-corrected chi connectivity index (χ3v) is 4.84. The first-order chi connectivity index (χ1) is 19.0. The van der Waals surface area contributed by atoms with E-state index in [2.05, 4.69) is 0 Å². The van der Waals surface area contributed by atoms with Crippen molar-refractivity contribution in [2.75, 3.05) is 33.9 Å². The van der Waals surface area contributed by atoms with Gasteiger partial charge in [-0.25, -0.2) is 9.18 Å². The molecule has 0 bridgehead atoms. The first kappa shape index (κ1) is 33.5. The van der Waals surface area contributed by atoms with Gasteiger partial charge in [-0.2, -0.15) is 8.78 Å². The number of rotatable bonds is 5. The number of hydrogen-bond acceptors (Lipinski definition) is 8. The molecule has 0 fully saturated rings. The standard InChI is InChI=1S/C9H9FN2O3.C9H11FN2O.C7H4FNO4/c1-11(2)9(13)6-3-4-8(12(14)15)7(10)5-6;1-12(2)9(13)6-3-4-8(11)7(10)5-6;8-5-3-4(7(10)11)1-2-6(5)9(12)13/h3-5H,1-2H3;3-5H,11H2,1-2H3;1-3H,(H,10,11). The van der Waals surface area contributed by atoms with E-state index < -0.39 is 50.5 Å². The molecule has 3 aromatic carbocycles. The molecule has 0 aliphatic heterocycles. The Morgan fingerprint density at radius 3 is 1.34 bits per heavy atom. The molecule has 16 heteroatoms. The van der Waals surface area contributed by atoms with Crippen LogP contribution in [0, 0.1) is 37.7 Å². The zero-order chi connectivity index (χ0) is 31.6. The van der Waals surface area contributed by atoms with Crippen molar-refractivity contribution < 1.29 is 42.5 Å². The summed E-state index contributed by atoms with van der Waals surface area (Å²) in [6.07, 6.45) is 0. The molecule has 0 atom stereocenters. The molecule has 3 N–H and O–H groups in total. The molecule has 41 heavy (non-hydrogen) atoms. The van der Waals surface area contributed by atoms with Crippen LogP contribution in [0.5, 0.6) is 0 Å². The van der Waals surface area contributed by atoms with Crippen molar-refractivity contribution in [2.45, 2.75) is 0 Å². The van der Waals surface area contributed by atoms with E-state index in [1.165, 1.54) is 42.1 Å². The highest BCUT2D eigenvalue weighted by Crippen LogP contribution is 2.19. The summed E-state index contributed by atoms with van der Waals surface area (Å²) in [7, 11) is 6.25. The van der Waals surface area contributed by atoms with Crippen molar-refractivity contribution >= 4 is 34.8 Å². The lowest BCUT2D eigenvalue weighted by Gasteiger charge is -2.10. The number of halogens is 3. The van der Waals surface area contributed by atoms with E-state index >= 15 is 0 Å². The number of anilines is 1. The summed E-state index contributed by atoms with van der Waals surface area (Å²) in [6.45, 7) is 0. The molecule has 0 radical (unpaired) electrons. The Balaban J connectivity index is 0.000000309. The van der Waals surface area contributed by atoms with E-state index in [-0.39, 0.29) is 22.7 Å². The average molecular weight is 579 g/mol. The summed E-state index contributed by atoms with van der Waals surface area (Å²) < 4.78 is 38.8. The van der Waals surface area contributed by atoms with E-state index in [1.807, 2.05) is 0 Å². The lowest BCUT2D eigenvalue weighted by atomic mass is 10.2. The number of nitro benzene ring substituents is 2. The number of nitrogens with zero attached hydrogens (tertiary/aromatic N) is 4. The lowest BCUT2D eigenvalue weighted by Crippen LogP contribution is -2.21. The number of carbonyl (C=O) groups is 3. The van der Waals surface area contributed by atoms with Crippen molar-refractivity contribution in [3.63, 3.8) is 0 Å². The van der Waals surface area contributed by atoms with Crippen LogP contribution in [0.1, 0.15) is 31.1 Å². The Morgan fingerprint density at radius 2 is 1.02 bits per heavy atom. The van der Waals surface area contributed by atoms with E-state index in [0.29, 0.717) is 11.6 Å². The molecular weight excluding hydrogens is 555 g/mol. The number of carboxylic acid groups (broad SMARTS) is 1. The van der Waals surface area contributed by atoms with Crippen LogP contribution < -0.4 is 5.73 Å². The van der Waals surface area contributed by atoms with Gasteiger partial charge < -0.3 is 20.6 Å². The fourth-order valence-corrected chi connectivity index (χ4v) is 2.75. The summed E-state index contributed by atoms with van der Waals surface area (Å²) in [5.41, 5.74) is 4.02. The van der Waals surface area contributed by atoms with Crippen LogP contribution in [0.15, 0.2) is 54.6 Å². The number of nitrogens with two attached hydrogens (primary N) is 1. The van der Waals surface area contributed by atoms with Crippen molar-refractivity contribution in [3.05, 3.63) is 109 Å². The van der Waals surface area contributed by atoms with Gasteiger partial charge in [-0.1, -0.05) is 0 Å². The van der Waals surface area contributed by atoms with Crippen molar-refractivity contribution in [3.8, 4) is 0 Å². The van der Waals surface area contributed by atoms with Gasteiger partial charge in [0.15, 0.2) is 0 Å². The van der Waals surface area contributed by atoms with Gasteiger partial charge in [-0.3, -0.25) is 29.8 Å². The number of carboxylic acids is 1. The van der Waals surface area contributed by atoms with Crippen LogP contribution in [-0.2, 0) is 0 Å². The highest BCUT2D eigenvalue weighted by atomic mass is 19.1.